The summed E-state index contributed by atoms with van der Waals surface area (Å²) in [5.41, 5.74) is 7.79. The van der Waals surface area contributed by atoms with Crippen LogP contribution in [0.15, 0.2) is 36.5 Å². The highest BCUT2D eigenvalue weighted by molar-refractivity contribution is 5.85. The molecule has 0 fully saturated rings. The first-order valence-corrected chi connectivity index (χ1v) is 6.48. The van der Waals surface area contributed by atoms with Crippen LogP contribution in [0.5, 0.6) is 0 Å². The molecule has 2 heterocycles. The Balaban J connectivity index is 0.00000176. The summed E-state index contributed by atoms with van der Waals surface area (Å²) in [6.07, 6.45) is -3.47. The van der Waals surface area contributed by atoms with E-state index in [0.717, 1.165) is 22.8 Å². The summed E-state index contributed by atoms with van der Waals surface area (Å²) in [4.78, 5) is 3.38. The maximum atomic E-state index is 12.8. The van der Waals surface area contributed by atoms with Gasteiger partial charge in [-0.3, -0.25) is 4.98 Å². The SMILES string of the molecule is Cl.NCC1OCc2c(-c3ccnc(C(F)(F)F)c3)cccc21. The van der Waals surface area contributed by atoms with Gasteiger partial charge < -0.3 is 10.5 Å². The van der Waals surface area contributed by atoms with Gasteiger partial charge in [0.2, 0.25) is 0 Å². The number of halogens is 4. The lowest BCUT2D eigenvalue weighted by Gasteiger charge is -2.11. The van der Waals surface area contributed by atoms with Crippen molar-refractivity contribution in [1.82, 2.24) is 4.98 Å². The van der Waals surface area contributed by atoms with Crippen LogP contribution < -0.4 is 5.73 Å². The lowest BCUT2D eigenvalue weighted by Crippen LogP contribution is -2.10. The average Bonchev–Trinajstić information content (AvgIpc) is 2.89. The van der Waals surface area contributed by atoms with Crippen molar-refractivity contribution in [3.05, 3.63) is 53.3 Å². The van der Waals surface area contributed by atoms with E-state index in [1.165, 1.54) is 6.20 Å². The Morgan fingerprint density at radius 1 is 1.27 bits per heavy atom. The van der Waals surface area contributed by atoms with E-state index in [0.29, 0.717) is 18.7 Å². The minimum absolute atomic E-state index is 0. The zero-order chi connectivity index (χ0) is 15.0. The van der Waals surface area contributed by atoms with Crippen molar-refractivity contribution in [2.45, 2.75) is 18.9 Å². The molecule has 3 rings (SSSR count). The van der Waals surface area contributed by atoms with E-state index >= 15 is 0 Å². The van der Waals surface area contributed by atoms with Crippen molar-refractivity contribution < 1.29 is 17.9 Å². The molecule has 1 atom stereocenters. The predicted molar refractivity (Wildman–Crippen MR) is 78.5 cm³/mol. The van der Waals surface area contributed by atoms with Crippen molar-refractivity contribution in [2.75, 3.05) is 6.54 Å². The number of fused-ring (bicyclic) bond motifs is 1. The van der Waals surface area contributed by atoms with Gasteiger partial charge in [0.15, 0.2) is 0 Å². The molecule has 1 aromatic carbocycles. The lowest BCUT2D eigenvalue weighted by atomic mass is 9.95. The van der Waals surface area contributed by atoms with E-state index in [9.17, 15) is 13.2 Å². The van der Waals surface area contributed by atoms with Crippen molar-refractivity contribution >= 4 is 12.4 Å². The maximum Gasteiger partial charge on any atom is 0.433 e. The Morgan fingerprint density at radius 2 is 2.05 bits per heavy atom. The monoisotopic (exact) mass is 330 g/mol. The summed E-state index contributed by atoms with van der Waals surface area (Å²) < 4.78 is 43.9. The molecule has 0 aliphatic carbocycles. The smallest absolute Gasteiger partial charge is 0.367 e. The van der Waals surface area contributed by atoms with Gasteiger partial charge in [-0.2, -0.15) is 13.2 Å². The molecule has 0 spiro atoms. The number of ether oxygens (including phenoxy) is 1. The lowest BCUT2D eigenvalue weighted by molar-refractivity contribution is -0.141. The number of aromatic nitrogens is 1. The number of benzene rings is 1. The number of nitrogens with two attached hydrogens (primary N) is 1. The molecule has 2 aromatic rings. The molecule has 2 N–H and O–H groups in total. The summed E-state index contributed by atoms with van der Waals surface area (Å²) in [5.74, 6) is 0. The van der Waals surface area contributed by atoms with Crippen LogP contribution in [-0.2, 0) is 17.5 Å². The molecular formula is C15H14ClF3N2O. The average molecular weight is 331 g/mol. The van der Waals surface area contributed by atoms with Crippen molar-refractivity contribution in [2.24, 2.45) is 5.73 Å². The zero-order valence-corrected chi connectivity index (χ0v) is 12.2. The van der Waals surface area contributed by atoms with Crippen molar-refractivity contribution in [1.29, 1.82) is 0 Å². The first kappa shape index (κ1) is 16.7. The number of alkyl halides is 3. The fraction of sp³-hybridized carbons (Fsp3) is 0.267. The Labute approximate surface area is 131 Å². The van der Waals surface area contributed by atoms with Crippen LogP contribution in [0.1, 0.15) is 22.9 Å². The minimum atomic E-state index is -4.45. The Morgan fingerprint density at radius 3 is 2.73 bits per heavy atom. The van der Waals surface area contributed by atoms with Gasteiger partial charge in [-0.15, -0.1) is 12.4 Å². The number of hydrogen-bond donors (Lipinski definition) is 1. The van der Waals surface area contributed by atoms with E-state index in [4.69, 9.17) is 10.5 Å². The number of pyridine rings is 1. The van der Waals surface area contributed by atoms with Crippen LogP contribution in [-0.4, -0.2) is 11.5 Å². The summed E-state index contributed by atoms with van der Waals surface area (Å²) in [6.45, 7) is 0.706. The third kappa shape index (κ3) is 2.95. The van der Waals surface area contributed by atoms with Gasteiger partial charge in [-0.25, -0.2) is 0 Å². The molecule has 22 heavy (non-hydrogen) atoms. The van der Waals surface area contributed by atoms with Gasteiger partial charge in [0.05, 0.1) is 12.7 Å². The molecule has 1 aromatic heterocycles. The quantitative estimate of drug-likeness (QED) is 0.913. The predicted octanol–water partition coefficient (Wildman–Crippen LogP) is 3.72. The van der Waals surface area contributed by atoms with Gasteiger partial charge in [0.25, 0.3) is 0 Å². The molecule has 1 aliphatic rings. The third-order valence-electron chi connectivity index (χ3n) is 3.56. The van der Waals surface area contributed by atoms with Crippen LogP contribution >= 0.6 is 12.4 Å². The molecule has 1 unspecified atom stereocenters. The highest BCUT2D eigenvalue weighted by Gasteiger charge is 2.33. The summed E-state index contributed by atoms with van der Waals surface area (Å²) >= 11 is 0. The summed E-state index contributed by atoms with van der Waals surface area (Å²) in [6, 6.07) is 8.12. The highest BCUT2D eigenvalue weighted by atomic mass is 35.5. The topological polar surface area (TPSA) is 48.1 Å². The Kier molecular flexibility index (Phi) is 4.75. The van der Waals surface area contributed by atoms with Crippen molar-refractivity contribution in [3.8, 4) is 11.1 Å². The second-order valence-corrected chi connectivity index (χ2v) is 4.84. The fourth-order valence-electron chi connectivity index (χ4n) is 2.56. The van der Waals surface area contributed by atoms with Crippen LogP contribution in [0.2, 0.25) is 0 Å². The van der Waals surface area contributed by atoms with Gasteiger partial charge in [0.1, 0.15) is 5.69 Å². The van der Waals surface area contributed by atoms with E-state index in [2.05, 4.69) is 4.98 Å². The van der Waals surface area contributed by atoms with Gasteiger partial charge in [-0.1, -0.05) is 18.2 Å². The molecule has 0 radical (unpaired) electrons. The molecular weight excluding hydrogens is 317 g/mol. The number of nitrogens with zero attached hydrogens (tertiary/aromatic N) is 1. The van der Waals surface area contributed by atoms with Gasteiger partial charge in [0, 0.05) is 12.7 Å². The maximum absolute atomic E-state index is 12.8. The molecule has 1 aliphatic heterocycles. The van der Waals surface area contributed by atoms with E-state index in [-0.39, 0.29) is 18.5 Å². The second-order valence-electron chi connectivity index (χ2n) is 4.84. The van der Waals surface area contributed by atoms with Crippen LogP contribution in [0.3, 0.4) is 0 Å². The summed E-state index contributed by atoms with van der Waals surface area (Å²) in [7, 11) is 0. The van der Waals surface area contributed by atoms with Gasteiger partial charge >= 0.3 is 6.18 Å². The van der Waals surface area contributed by atoms with Crippen LogP contribution in [0, 0.1) is 0 Å². The fourth-order valence-corrected chi connectivity index (χ4v) is 2.56. The molecule has 7 heteroatoms. The van der Waals surface area contributed by atoms with Crippen LogP contribution in [0.25, 0.3) is 11.1 Å². The number of rotatable bonds is 2. The second kappa shape index (κ2) is 6.24. The number of hydrogen-bond acceptors (Lipinski definition) is 3. The van der Waals surface area contributed by atoms with E-state index in [1.807, 2.05) is 6.07 Å². The molecule has 0 bridgehead atoms. The van der Waals surface area contributed by atoms with E-state index in [1.54, 1.807) is 18.2 Å². The molecule has 0 saturated heterocycles. The van der Waals surface area contributed by atoms with E-state index < -0.39 is 11.9 Å². The summed E-state index contributed by atoms with van der Waals surface area (Å²) in [5, 5.41) is 0. The molecule has 118 valence electrons. The zero-order valence-electron chi connectivity index (χ0n) is 11.4. The third-order valence-corrected chi connectivity index (χ3v) is 3.56. The molecule has 3 nitrogen and oxygen atoms in total. The van der Waals surface area contributed by atoms with Crippen LogP contribution in [0.4, 0.5) is 13.2 Å². The molecule has 0 saturated carbocycles. The first-order chi connectivity index (χ1) is 10.0. The largest absolute Gasteiger partial charge is 0.433 e. The molecule has 0 amide bonds. The first-order valence-electron chi connectivity index (χ1n) is 6.48. The van der Waals surface area contributed by atoms with Crippen molar-refractivity contribution in [3.63, 3.8) is 0 Å². The Hall–Kier alpha value is -1.63. The van der Waals surface area contributed by atoms with Gasteiger partial charge in [-0.05, 0) is 34.4 Å². The minimum Gasteiger partial charge on any atom is -0.367 e. The Bertz CT molecular complexity index is 676. The normalized spacial score (nSPS) is 17.0. The highest BCUT2D eigenvalue weighted by Crippen LogP contribution is 2.38. The standard InChI is InChI=1S/C15H13F3N2O.ClH/c16-15(17,18)14-6-9(4-5-20-14)10-2-1-3-11-12(10)8-21-13(11)7-19;/h1-6,13H,7-8,19H2;1H.